The maximum absolute atomic E-state index is 5.80. The third kappa shape index (κ3) is 3.80. The minimum Gasteiger partial charge on any atom is -0.271 e. The Morgan fingerprint density at radius 2 is 2.21 bits per heavy atom. The summed E-state index contributed by atoms with van der Waals surface area (Å²) in [6.07, 6.45) is 10.9. The van der Waals surface area contributed by atoms with Crippen LogP contribution >= 0.6 is 15.9 Å². The van der Waals surface area contributed by atoms with Crippen molar-refractivity contribution in [3.05, 3.63) is 16.4 Å². The zero-order chi connectivity index (χ0) is 13.7. The summed E-state index contributed by atoms with van der Waals surface area (Å²) >= 11 is 3.61. The molecule has 1 unspecified atom stereocenters. The van der Waals surface area contributed by atoms with E-state index in [9.17, 15) is 0 Å². The van der Waals surface area contributed by atoms with Gasteiger partial charge in [0.05, 0.1) is 22.4 Å². The number of hydrazine groups is 1. The molecule has 4 nitrogen and oxygen atoms in total. The second-order valence-corrected chi connectivity index (χ2v) is 6.41. The quantitative estimate of drug-likeness (QED) is 0.620. The Hall–Kier alpha value is -0.390. The number of nitrogens with one attached hydrogen (secondary N) is 1. The molecule has 1 aromatic heterocycles. The number of nitrogens with zero attached hydrogens (tertiary/aromatic N) is 2. The highest BCUT2D eigenvalue weighted by molar-refractivity contribution is 9.10. The first-order valence-corrected chi connectivity index (χ1v) is 8.22. The van der Waals surface area contributed by atoms with E-state index < -0.39 is 0 Å². The summed E-state index contributed by atoms with van der Waals surface area (Å²) in [4.78, 5) is 0. The normalized spacial score (nSPS) is 18.7. The topological polar surface area (TPSA) is 55.9 Å². The molecule has 3 N–H and O–H groups in total. The zero-order valence-electron chi connectivity index (χ0n) is 11.7. The van der Waals surface area contributed by atoms with Crippen LogP contribution in [-0.4, -0.2) is 9.78 Å². The van der Waals surface area contributed by atoms with Gasteiger partial charge in [-0.3, -0.25) is 16.0 Å². The summed E-state index contributed by atoms with van der Waals surface area (Å²) < 4.78 is 3.15. The molecule has 0 bridgehead atoms. The predicted molar refractivity (Wildman–Crippen MR) is 81.5 cm³/mol. The largest absolute Gasteiger partial charge is 0.271 e. The molecule has 0 spiro atoms. The van der Waals surface area contributed by atoms with Crippen molar-refractivity contribution in [2.24, 2.45) is 11.8 Å². The standard InChI is InChI=1S/C14H25BrN4/c1-2-8-19-14(12(15)10-17-19)13(18-16)9-11-6-4-3-5-7-11/h10-11,13,18H,2-9,16H2,1H3. The van der Waals surface area contributed by atoms with Gasteiger partial charge in [-0.25, -0.2) is 0 Å². The minimum atomic E-state index is 0.200. The van der Waals surface area contributed by atoms with Crippen LogP contribution in [0.5, 0.6) is 0 Å². The van der Waals surface area contributed by atoms with Crippen molar-refractivity contribution in [2.45, 2.75) is 64.5 Å². The van der Waals surface area contributed by atoms with E-state index in [1.807, 2.05) is 6.20 Å². The van der Waals surface area contributed by atoms with Gasteiger partial charge in [0.25, 0.3) is 0 Å². The fraction of sp³-hybridized carbons (Fsp3) is 0.786. The fourth-order valence-electron chi connectivity index (χ4n) is 3.12. The van der Waals surface area contributed by atoms with Crippen LogP contribution in [0.3, 0.4) is 0 Å². The lowest BCUT2D eigenvalue weighted by molar-refractivity contribution is 0.293. The van der Waals surface area contributed by atoms with Crippen molar-refractivity contribution in [1.82, 2.24) is 15.2 Å². The number of aryl methyl sites for hydroxylation is 1. The van der Waals surface area contributed by atoms with E-state index in [4.69, 9.17) is 5.84 Å². The summed E-state index contributed by atoms with van der Waals surface area (Å²) in [6, 6.07) is 0.200. The Morgan fingerprint density at radius 1 is 1.47 bits per heavy atom. The number of aromatic nitrogens is 2. The first-order valence-electron chi connectivity index (χ1n) is 7.43. The minimum absolute atomic E-state index is 0.200. The molecule has 0 aromatic carbocycles. The van der Waals surface area contributed by atoms with Gasteiger partial charge in [-0.1, -0.05) is 39.0 Å². The van der Waals surface area contributed by atoms with E-state index in [0.29, 0.717) is 0 Å². The Morgan fingerprint density at radius 3 is 2.84 bits per heavy atom. The number of hydrogen-bond acceptors (Lipinski definition) is 3. The molecule has 1 saturated carbocycles. The molecule has 108 valence electrons. The molecule has 1 aromatic rings. The first-order chi connectivity index (χ1) is 9.26. The highest BCUT2D eigenvalue weighted by atomic mass is 79.9. The summed E-state index contributed by atoms with van der Waals surface area (Å²) in [7, 11) is 0. The molecule has 0 amide bonds. The van der Waals surface area contributed by atoms with E-state index in [-0.39, 0.29) is 6.04 Å². The van der Waals surface area contributed by atoms with Gasteiger partial charge in [0, 0.05) is 6.54 Å². The molecule has 0 saturated heterocycles. The van der Waals surface area contributed by atoms with E-state index in [1.54, 1.807) is 0 Å². The Bertz CT molecular complexity index is 385. The number of halogens is 1. The van der Waals surface area contributed by atoms with Crippen LogP contribution in [0.4, 0.5) is 0 Å². The number of nitrogens with two attached hydrogens (primary N) is 1. The van der Waals surface area contributed by atoms with Crippen LogP contribution in [-0.2, 0) is 6.54 Å². The molecular weight excluding hydrogens is 304 g/mol. The summed E-state index contributed by atoms with van der Waals surface area (Å²) in [5.74, 6) is 6.60. The molecular formula is C14H25BrN4. The Balaban J connectivity index is 2.09. The van der Waals surface area contributed by atoms with Crippen molar-refractivity contribution in [2.75, 3.05) is 0 Å². The lowest BCUT2D eigenvalue weighted by Gasteiger charge is -2.27. The van der Waals surface area contributed by atoms with Gasteiger partial charge in [0.15, 0.2) is 0 Å². The molecule has 1 atom stereocenters. The zero-order valence-corrected chi connectivity index (χ0v) is 13.3. The van der Waals surface area contributed by atoms with Crippen LogP contribution < -0.4 is 11.3 Å². The molecule has 1 aliphatic carbocycles. The molecule has 2 rings (SSSR count). The van der Waals surface area contributed by atoms with E-state index >= 15 is 0 Å². The van der Waals surface area contributed by atoms with E-state index in [0.717, 1.165) is 29.8 Å². The van der Waals surface area contributed by atoms with E-state index in [2.05, 4.69) is 38.1 Å². The van der Waals surface area contributed by atoms with Gasteiger partial charge < -0.3 is 0 Å². The van der Waals surface area contributed by atoms with Gasteiger partial charge >= 0.3 is 0 Å². The van der Waals surface area contributed by atoms with Crippen LogP contribution in [0.1, 0.15) is 63.6 Å². The second-order valence-electron chi connectivity index (χ2n) is 5.56. The maximum atomic E-state index is 5.80. The van der Waals surface area contributed by atoms with Crippen molar-refractivity contribution in [1.29, 1.82) is 0 Å². The smallest absolute Gasteiger partial charge is 0.0709 e. The number of rotatable bonds is 6. The van der Waals surface area contributed by atoms with Crippen LogP contribution in [0.2, 0.25) is 0 Å². The number of hydrogen-bond donors (Lipinski definition) is 2. The van der Waals surface area contributed by atoms with Crippen molar-refractivity contribution in [3.8, 4) is 0 Å². The third-order valence-electron chi connectivity index (χ3n) is 4.09. The molecule has 1 aliphatic rings. The molecule has 5 heteroatoms. The van der Waals surface area contributed by atoms with Crippen molar-refractivity contribution >= 4 is 15.9 Å². The SMILES string of the molecule is CCCn1ncc(Br)c1C(CC1CCCCC1)NN. The summed E-state index contributed by atoms with van der Waals surface area (Å²) in [6.45, 7) is 3.12. The van der Waals surface area contributed by atoms with Gasteiger partial charge in [0.1, 0.15) is 0 Å². The first kappa shape index (κ1) is 15.0. The highest BCUT2D eigenvalue weighted by Gasteiger charge is 2.23. The lowest BCUT2D eigenvalue weighted by atomic mass is 9.84. The molecule has 19 heavy (non-hydrogen) atoms. The molecule has 0 radical (unpaired) electrons. The van der Waals surface area contributed by atoms with Gasteiger partial charge in [0.2, 0.25) is 0 Å². The van der Waals surface area contributed by atoms with Crippen LogP contribution in [0.15, 0.2) is 10.7 Å². The monoisotopic (exact) mass is 328 g/mol. The maximum Gasteiger partial charge on any atom is 0.0709 e. The van der Waals surface area contributed by atoms with E-state index in [1.165, 1.54) is 37.8 Å². The predicted octanol–water partition coefficient (Wildman–Crippen LogP) is 3.53. The molecule has 0 aliphatic heterocycles. The van der Waals surface area contributed by atoms with Crippen molar-refractivity contribution < 1.29 is 0 Å². The average molecular weight is 329 g/mol. The highest BCUT2D eigenvalue weighted by Crippen LogP contribution is 2.33. The van der Waals surface area contributed by atoms with Crippen LogP contribution in [0, 0.1) is 5.92 Å². The van der Waals surface area contributed by atoms with Crippen molar-refractivity contribution in [3.63, 3.8) is 0 Å². The van der Waals surface area contributed by atoms with Crippen LogP contribution in [0.25, 0.3) is 0 Å². The summed E-state index contributed by atoms with van der Waals surface area (Å²) in [5.41, 5.74) is 4.20. The Labute approximate surface area is 124 Å². The molecule has 1 heterocycles. The van der Waals surface area contributed by atoms with Gasteiger partial charge in [-0.15, -0.1) is 0 Å². The summed E-state index contributed by atoms with van der Waals surface area (Å²) in [5, 5.41) is 4.44. The fourth-order valence-corrected chi connectivity index (χ4v) is 3.70. The Kier molecular flexibility index (Phi) is 5.85. The molecule has 1 fully saturated rings. The average Bonchev–Trinajstić information content (AvgIpc) is 2.79. The second kappa shape index (κ2) is 7.41. The lowest BCUT2D eigenvalue weighted by Crippen LogP contribution is -2.32. The third-order valence-corrected chi connectivity index (χ3v) is 4.70. The van der Waals surface area contributed by atoms with Gasteiger partial charge in [-0.05, 0) is 34.7 Å². The van der Waals surface area contributed by atoms with Gasteiger partial charge in [-0.2, -0.15) is 5.10 Å².